The predicted octanol–water partition coefficient (Wildman–Crippen LogP) is 6.91. The normalized spacial score (nSPS) is 19.0. The molecule has 1 unspecified atom stereocenters. The van der Waals surface area contributed by atoms with Gasteiger partial charge in [-0.1, -0.05) is 118 Å². The maximum absolute atomic E-state index is 13.8. The second kappa shape index (κ2) is 12.6. The van der Waals surface area contributed by atoms with Crippen molar-refractivity contribution in [2.24, 2.45) is 5.92 Å². The molecule has 1 aliphatic rings. The number of likely N-dealkylation sites (tertiary alicyclic amines) is 1. The number of hydrogen-bond acceptors (Lipinski definition) is 6. The number of hydrogen-bond donors (Lipinski definition) is 1. The van der Waals surface area contributed by atoms with Crippen molar-refractivity contribution in [2.75, 3.05) is 0 Å². The Morgan fingerprint density at radius 1 is 0.929 bits per heavy atom. The van der Waals surface area contributed by atoms with Crippen molar-refractivity contribution in [3.8, 4) is 0 Å². The van der Waals surface area contributed by atoms with Crippen LogP contribution in [0.2, 0.25) is 18.1 Å². The number of carbonyl (C=O) groups excluding carboxylic acids is 2. The molecule has 4 atom stereocenters. The molecular formula is C34H41NO5SSi. The fourth-order valence-electron chi connectivity index (χ4n) is 5.21. The van der Waals surface area contributed by atoms with E-state index in [0.717, 1.165) is 23.0 Å². The Kier molecular flexibility index (Phi) is 9.52. The number of benzene rings is 3. The van der Waals surface area contributed by atoms with Gasteiger partial charge in [-0.25, -0.2) is 4.79 Å². The lowest BCUT2D eigenvalue weighted by molar-refractivity contribution is -0.186. The van der Waals surface area contributed by atoms with Gasteiger partial charge in [0.15, 0.2) is 8.32 Å². The van der Waals surface area contributed by atoms with Crippen LogP contribution in [0.1, 0.15) is 44.4 Å². The van der Waals surface area contributed by atoms with Gasteiger partial charge in [0.25, 0.3) is 0 Å². The number of aliphatic hydroxyl groups excluding tert-OH is 1. The number of β-lactam (4-membered cyclic amide) rings is 1. The third-order valence-electron chi connectivity index (χ3n) is 8.43. The number of ether oxygens (including phenoxy) is 1. The minimum Gasteiger partial charge on any atom is -0.432 e. The average Bonchev–Trinajstić information content (AvgIpc) is 2.96. The number of amides is 1. The van der Waals surface area contributed by atoms with Gasteiger partial charge in [0.05, 0.1) is 28.4 Å². The molecule has 6 nitrogen and oxygen atoms in total. The molecule has 1 aliphatic heterocycles. The minimum atomic E-state index is -2.25. The van der Waals surface area contributed by atoms with E-state index in [9.17, 15) is 14.7 Å². The number of thioether (sulfide) groups is 1. The van der Waals surface area contributed by atoms with Crippen LogP contribution in [0.25, 0.3) is 0 Å². The quantitative estimate of drug-likeness (QED) is 0.0844. The molecule has 0 bridgehead atoms. The summed E-state index contributed by atoms with van der Waals surface area (Å²) in [6.45, 7) is 16.2. The van der Waals surface area contributed by atoms with Crippen molar-refractivity contribution in [3.05, 3.63) is 121 Å². The molecule has 0 aromatic heterocycles. The third-order valence-corrected chi connectivity index (χ3v) is 14.8. The van der Waals surface area contributed by atoms with Crippen molar-refractivity contribution in [2.45, 2.75) is 68.3 Å². The molecule has 1 saturated heterocycles. The van der Waals surface area contributed by atoms with Gasteiger partial charge in [-0.3, -0.25) is 9.69 Å². The Labute approximate surface area is 254 Å². The highest BCUT2D eigenvalue weighted by atomic mass is 32.2. The molecule has 8 heteroatoms. The first-order chi connectivity index (χ1) is 19.8. The van der Waals surface area contributed by atoms with E-state index in [-0.39, 0.29) is 10.9 Å². The van der Waals surface area contributed by atoms with Crippen LogP contribution >= 0.6 is 11.8 Å². The average molecular weight is 604 g/mol. The summed E-state index contributed by atoms with van der Waals surface area (Å²) in [5, 5.41) is 10.4. The van der Waals surface area contributed by atoms with Gasteiger partial charge < -0.3 is 14.3 Å². The number of aliphatic hydroxyl groups is 1. The van der Waals surface area contributed by atoms with Gasteiger partial charge in [-0.15, -0.1) is 11.8 Å². The van der Waals surface area contributed by atoms with E-state index in [4.69, 9.17) is 9.16 Å². The zero-order valence-electron chi connectivity index (χ0n) is 25.2. The molecule has 0 saturated carbocycles. The highest BCUT2D eigenvalue weighted by Crippen LogP contribution is 2.55. The van der Waals surface area contributed by atoms with Crippen LogP contribution in [0.3, 0.4) is 0 Å². The number of esters is 1. The number of carbonyl (C=O) groups is 2. The van der Waals surface area contributed by atoms with Crippen LogP contribution < -0.4 is 0 Å². The monoisotopic (exact) mass is 603 g/mol. The molecule has 4 rings (SSSR count). The SMILES string of the molecule is C=COC(=O)C(O)N1C(=O)[C@H]([C@@H](C)O[Si](C)(C)C(C)(C)C)[C@H]1SC(c1ccccc1)(c1ccccc1)c1ccccc1. The minimum absolute atomic E-state index is 0.0640. The maximum Gasteiger partial charge on any atom is 0.361 e. The van der Waals surface area contributed by atoms with Crippen molar-refractivity contribution < 1.29 is 23.9 Å². The van der Waals surface area contributed by atoms with Gasteiger partial charge in [-0.2, -0.15) is 0 Å². The molecule has 42 heavy (non-hydrogen) atoms. The molecule has 3 aromatic rings. The van der Waals surface area contributed by atoms with E-state index >= 15 is 0 Å². The molecular weight excluding hydrogens is 563 g/mol. The van der Waals surface area contributed by atoms with Crippen LogP contribution in [-0.2, 0) is 23.5 Å². The summed E-state index contributed by atoms with van der Waals surface area (Å²) in [5.74, 6) is -1.91. The predicted molar refractivity (Wildman–Crippen MR) is 171 cm³/mol. The van der Waals surface area contributed by atoms with Crippen molar-refractivity contribution >= 4 is 32.0 Å². The van der Waals surface area contributed by atoms with Gasteiger partial charge in [-0.05, 0) is 41.7 Å². The van der Waals surface area contributed by atoms with Gasteiger partial charge in [0.2, 0.25) is 12.1 Å². The van der Waals surface area contributed by atoms with Crippen LogP contribution in [0.4, 0.5) is 0 Å². The largest absolute Gasteiger partial charge is 0.432 e. The van der Waals surface area contributed by atoms with Gasteiger partial charge in [0, 0.05) is 0 Å². The zero-order valence-corrected chi connectivity index (χ0v) is 27.0. The second-order valence-electron chi connectivity index (χ2n) is 12.1. The first-order valence-electron chi connectivity index (χ1n) is 14.2. The van der Waals surface area contributed by atoms with E-state index in [0.29, 0.717) is 0 Å². The fraction of sp³-hybridized carbons (Fsp3) is 0.353. The summed E-state index contributed by atoms with van der Waals surface area (Å²) in [7, 11) is -2.25. The summed E-state index contributed by atoms with van der Waals surface area (Å²) in [4.78, 5) is 27.8. The van der Waals surface area contributed by atoms with E-state index < -0.39 is 42.7 Å². The van der Waals surface area contributed by atoms with E-state index in [1.165, 1.54) is 16.7 Å². The van der Waals surface area contributed by atoms with Gasteiger partial charge >= 0.3 is 5.97 Å². The standard InChI is InChI=1S/C34H41NO5SSi/c1-8-39-32(38)30(37)35-29(36)28(24(2)40-42(6,7)33(3,4)5)31(35)41-34(25-18-12-9-13-19-25,26-20-14-10-15-21-26)27-22-16-11-17-23-27/h8-24,28,30-31,37H,1H2,2-7H3/t24-,28+,30?,31-/m1/s1. The topological polar surface area (TPSA) is 76.1 Å². The third kappa shape index (κ3) is 5.99. The molecule has 222 valence electrons. The molecule has 0 radical (unpaired) electrons. The Balaban J connectivity index is 1.89. The van der Waals surface area contributed by atoms with E-state index in [1.54, 1.807) is 0 Å². The van der Waals surface area contributed by atoms with Crippen LogP contribution in [-0.4, -0.2) is 47.9 Å². The summed E-state index contributed by atoms with van der Waals surface area (Å²) in [6.07, 6.45) is -1.28. The summed E-state index contributed by atoms with van der Waals surface area (Å²) in [5.41, 5.74) is 3.02. The van der Waals surface area contributed by atoms with Crippen LogP contribution in [0, 0.1) is 5.92 Å². The molecule has 1 fully saturated rings. The summed E-state index contributed by atoms with van der Waals surface area (Å²) in [6, 6.07) is 30.3. The molecule has 0 aliphatic carbocycles. The lowest BCUT2D eigenvalue weighted by Gasteiger charge is -2.54. The summed E-state index contributed by atoms with van der Waals surface area (Å²) < 4.78 is 10.9. The molecule has 0 spiro atoms. The first-order valence-corrected chi connectivity index (χ1v) is 18.0. The zero-order chi connectivity index (χ0) is 30.7. The van der Waals surface area contributed by atoms with Crippen LogP contribution in [0.5, 0.6) is 0 Å². The number of rotatable bonds is 11. The lowest BCUT2D eigenvalue weighted by atomic mass is 9.84. The van der Waals surface area contributed by atoms with Crippen molar-refractivity contribution in [3.63, 3.8) is 0 Å². The molecule has 1 amide bonds. The van der Waals surface area contributed by atoms with Crippen LogP contribution in [0.15, 0.2) is 104 Å². The highest BCUT2D eigenvalue weighted by Gasteiger charge is 2.59. The Morgan fingerprint density at radius 3 is 1.74 bits per heavy atom. The Hall–Kier alpha value is -3.17. The van der Waals surface area contributed by atoms with Crippen molar-refractivity contribution in [1.29, 1.82) is 0 Å². The number of nitrogens with zero attached hydrogens (tertiary/aromatic N) is 1. The van der Waals surface area contributed by atoms with E-state index in [2.05, 4.69) is 76.8 Å². The second-order valence-corrected chi connectivity index (χ2v) is 18.2. The van der Waals surface area contributed by atoms with Gasteiger partial charge in [0.1, 0.15) is 0 Å². The first kappa shape index (κ1) is 31.8. The lowest BCUT2D eigenvalue weighted by Crippen LogP contribution is -2.69. The Bertz CT molecular complexity index is 1280. The fourth-order valence-corrected chi connectivity index (χ4v) is 8.63. The molecule has 3 aromatic carbocycles. The Morgan fingerprint density at radius 2 is 1.36 bits per heavy atom. The highest BCUT2D eigenvalue weighted by molar-refractivity contribution is 8.01. The van der Waals surface area contributed by atoms with E-state index in [1.807, 2.05) is 61.5 Å². The van der Waals surface area contributed by atoms with Crippen molar-refractivity contribution in [1.82, 2.24) is 4.90 Å². The maximum atomic E-state index is 13.8. The molecule has 1 N–H and O–H groups in total. The molecule has 1 heterocycles. The summed E-state index contributed by atoms with van der Waals surface area (Å²) >= 11 is 1.53. The smallest absolute Gasteiger partial charge is 0.361 e.